The van der Waals surface area contributed by atoms with Crippen LogP contribution in [0.2, 0.25) is 0 Å². The average molecular weight is 408 g/mol. The molecular weight excluding hydrogens is 396 g/mol. The van der Waals surface area contributed by atoms with Gasteiger partial charge in [0, 0.05) is 0 Å². The van der Waals surface area contributed by atoms with Crippen LogP contribution in [0.1, 0.15) is 26.3 Å². The highest BCUT2D eigenvalue weighted by molar-refractivity contribution is 14.1. The van der Waals surface area contributed by atoms with E-state index in [1.165, 1.54) is 6.07 Å². The third-order valence-electron chi connectivity index (χ3n) is 2.28. The van der Waals surface area contributed by atoms with Crippen LogP contribution in [0, 0.1) is 3.57 Å². The van der Waals surface area contributed by atoms with E-state index in [1.54, 1.807) is 34.7 Å². The minimum atomic E-state index is -5.63. The van der Waals surface area contributed by atoms with Crippen molar-refractivity contribution in [2.75, 3.05) is 0 Å². The summed E-state index contributed by atoms with van der Waals surface area (Å²) in [5.41, 5.74) is -4.76. The van der Waals surface area contributed by atoms with Crippen LogP contribution < -0.4 is 4.18 Å². The lowest BCUT2D eigenvalue weighted by atomic mass is 9.87. The molecule has 0 aromatic heterocycles. The predicted octanol–water partition coefficient (Wildman–Crippen LogP) is 3.82. The van der Waals surface area contributed by atoms with Crippen LogP contribution in [0.4, 0.5) is 13.2 Å². The number of hydrogen-bond acceptors (Lipinski definition) is 3. The largest absolute Gasteiger partial charge is 0.534 e. The number of hydrogen-bond donors (Lipinski definition) is 0. The topological polar surface area (TPSA) is 43.4 Å². The van der Waals surface area contributed by atoms with E-state index in [4.69, 9.17) is 0 Å². The normalized spacial score (nSPS) is 13.4. The summed E-state index contributed by atoms with van der Waals surface area (Å²) in [4.78, 5) is 0. The standard InChI is InChI=1S/C11H12F3IO3S/c1-10(2,3)7-4-5-9(8(15)6-7)18-19(16,17)11(12,13)14/h4-6H,1-3H3. The Morgan fingerprint density at radius 2 is 1.68 bits per heavy atom. The Morgan fingerprint density at radius 3 is 2.05 bits per heavy atom. The maximum absolute atomic E-state index is 12.2. The van der Waals surface area contributed by atoms with Gasteiger partial charge in [0.15, 0.2) is 5.75 Å². The summed E-state index contributed by atoms with van der Waals surface area (Å²) in [5.74, 6) is -0.328. The Labute approximate surface area is 123 Å². The van der Waals surface area contributed by atoms with Crippen molar-refractivity contribution in [1.82, 2.24) is 0 Å². The Hall–Kier alpha value is -0.510. The molecular formula is C11H12F3IO3S. The van der Waals surface area contributed by atoms with Gasteiger partial charge in [-0.15, -0.1) is 0 Å². The Kier molecular flexibility index (Phi) is 4.45. The second-order valence-corrected chi connectivity index (χ2v) is 7.58. The van der Waals surface area contributed by atoms with Gasteiger partial charge in [-0.05, 0) is 45.7 Å². The third-order valence-corrected chi connectivity index (χ3v) is 4.09. The molecule has 0 fully saturated rings. The molecule has 0 spiro atoms. The van der Waals surface area contributed by atoms with Crippen LogP contribution in [0.5, 0.6) is 5.75 Å². The van der Waals surface area contributed by atoms with Gasteiger partial charge in [-0.2, -0.15) is 21.6 Å². The van der Waals surface area contributed by atoms with E-state index in [0.29, 0.717) is 3.57 Å². The highest BCUT2D eigenvalue weighted by Crippen LogP contribution is 2.32. The van der Waals surface area contributed by atoms with Crippen LogP contribution in [0.3, 0.4) is 0 Å². The fourth-order valence-corrected chi connectivity index (χ4v) is 2.45. The zero-order valence-electron chi connectivity index (χ0n) is 10.4. The highest BCUT2D eigenvalue weighted by atomic mass is 127. The molecule has 8 heteroatoms. The maximum Gasteiger partial charge on any atom is 0.534 e. The Bertz CT molecular complexity index is 574. The van der Waals surface area contributed by atoms with E-state index < -0.39 is 15.6 Å². The third kappa shape index (κ3) is 3.98. The van der Waals surface area contributed by atoms with Crippen LogP contribution in [-0.4, -0.2) is 13.9 Å². The molecule has 0 unspecified atom stereocenters. The quantitative estimate of drug-likeness (QED) is 0.425. The molecule has 0 amide bonds. The monoisotopic (exact) mass is 408 g/mol. The van der Waals surface area contributed by atoms with Gasteiger partial charge < -0.3 is 4.18 Å². The van der Waals surface area contributed by atoms with Crippen molar-refractivity contribution in [2.45, 2.75) is 31.7 Å². The van der Waals surface area contributed by atoms with Crippen molar-refractivity contribution >= 4 is 32.7 Å². The van der Waals surface area contributed by atoms with E-state index in [-0.39, 0.29) is 11.2 Å². The van der Waals surface area contributed by atoms with E-state index in [9.17, 15) is 21.6 Å². The molecule has 3 nitrogen and oxygen atoms in total. The number of rotatable bonds is 2. The molecule has 1 aromatic rings. The summed E-state index contributed by atoms with van der Waals surface area (Å²) < 4.78 is 62.8. The van der Waals surface area contributed by atoms with Gasteiger partial charge in [-0.25, -0.2) is 0 Å². The molecule has 0 N–H and O–H groups in total. The number of alkyl halides is 3. The lowest BCUT2D eigenvalue weighted by Crippen LogP contribution is -2.28. The van der Waals surface area contributed by atoms with Gasteiger partial charge in [-0.1, -0.05) is 26.8 Å². The molecule has 0 heterocycles. The zero-order valence-corrected chi connectivity index (χ0v) is 13.4. The van der Waals surface area contributed by atoms with Gasteiger partial charge in [0.1, 0.15) is 0 Å². The fourth-order valence-electron chi connectivity index (χ4n) is 1.20. The van der Waals surface area contributed by atoms with Crippen LogP contribution in [0.25, 0.3) is 0 Å². The van der Waals surface area contributed by atoms with Crippen molar-refractivity contribution in [3.8, 4) is 5.75 Å². The molecule has 1 rings (SSSR count). The smallest absolute Gasteiger partial charge is 0.375 e. The fraction of sp³-hybridized carbons (Fsp3) is 0.455. The molecule has 108 valence electrons. The van der Waals surface area contributed by atoms with Gasteiger partial charge >= 0.3 is 15.6 Å². The second kappa shape index (κ2) is 5.12. The van der Waals surface area contributed by atoms with Crippen LogP contribution >= 0.6 is 22.6 Å². The lowest BCUT2D eigenvalue weighted by molar-refractivity contribution is -0.0500. The van der Waals surface area contributed by atoms with Crippen molar-refractivity contribution < 1.29 is 25.8 Å². The molecule has 0 bridgehead atoms. The van der Waals surface area contributed by atoms with Gasteiger partial charge in [0.25, 0.3) is 0 Å². The van der Waals surface area contributed by atoms with E-state index in [2.05, 4.69) is 4.18 Å². The molecule has 0 saturated heterocycles. The second-order valence-electron chi connectivity index (χ2n) is 4.88. The molecule has 0 saturated carbocycles. The Balaban J connectivity index is 3.13. The predicted molar refractivity (Wildman–Crippen MR) is 73.5 cm³/mol. The average Bonchev–Trinajstić information content (AvgIpc) is 2.17. The van der Waals surface area contributed by atoms with Crippen LogP contribution in [-0.2, 0) is 15.5 Å². The van der Waals surface area contributed by atoms with Gasteiger partial charge in [0.05, 0.1) is 3.57 Å². The van der Waals surface area contributed by atoms with E-state index >= 15 is 0 Å². The minimum absolute atomic E-state index is 0.193. The lowest BCUT2D eigenvalue weighted by Gasteiger charge is -2.20. The number of halogens is 4. The first kappa shape index (κ1) is 16.5. The molecule has 0 aliphatic carbocycles. The van der Waals surface area contributed by atoms with Gasteiger partial charge in [0.2, 0.25) is 0 Å². The van der Waals surface area contributed by atoms with E-state index in [0.717, 1.165) is 5.56 Å². The highest BCUT2D eigenvalue weighted by Gasteiger charge is 2.48. The molecule has 0 radical (unpaired) electrons. The molecule has 19 heavy (non-hydrogen) atoms. The van der Waals surface area contributed by atoms with Gasteiger partial charge in [-0.3, -0.25) is 0 Å². The van der Waals surface area contributed by atoms with Crippen molar-refractivity contribution in [3.05, 3.63) is 27.3 Å². The first-order chi connectivity index (χ1) is 8.34. The first-order valence-electron chi connectivity index (χ1n) is 5.15. The summed E-state index contributed by atoms with van der Waals surface area (Å²) in [5, 5.41) is 0. The van der Waals surface area contributed by atoms with Crippen molar-refractivity contribution in [1.29, 1.82) is 0 Å². The summed E-state index contributed by atoms with van der Waals surface area (Å²) >= 11 is 1.74. The first-order valence-corrected chi connectivity index (χ1v) is 7.64. The summed E-state index contributed by atoms with van der Waals surface area (Å²) in [6.45, 7) is 5.81. The summed E-state index contributed by atoms with van der Waals surface area (Å²) in [7, 11) is -5.63. The zero-order chi connectivity index (χ0) is 15.1. The molecule has 0 atom stereocenters. The minimum Gasteiger partial charge on any atom is -0.375 e. The maximum atomic E-state index is 12.2. The SMILES string of the molecule is CC(C)(C)c1ccc(OS(=O)(=O)C(F)(F)F)c(I)c1. The van der Waals surface area contributed by atoms with Crippen LogP contribution in [0.15, 0.2) is 18.2 Å². The van der Waals surface area contributed by atoms with E-state index in [1.807, 2.05) is 20.8 Å². The molecule has 1 aromatic carbocycles. The van der Waals surface area contributed by atoms with Crippen molar-refractivity contribution in [3.63, 3.8) is 0 Å². The molecule has 0 aliphatic rings. The molecule has 0 aliphatic heterocycles. The number of benzene rings is 1. The van der Waals surface area contributed by atoms with Crippen molar-refractivity contribution in [2.24, 2.45) is 0 Å². The Morgan fingerprint density at radius 1 is 1.16 bits per heavy atom. The summed E-state index contributed by atoms with van der Waals surface area (Å²) in [6.07, 6.45) is 0. The summed E-state index contributed by atoms with van der Waals surface area (Å²) in [6, 6.07) is 4.37.